The van der Waals surface area contributed by atoms with Gasteiger partial charge >= 0.3 is 0 Å². The molecule has 0 N–H and O–H groups in total. The number of carbonyl (C=O) groups excluding carboxylic acids is 1. The van der Waals surface area contributed by atoms with Gasteiger partial charge in [0.25, 0.3) is 0 Å². The predicted octanol–water partition coefficient (Wildman–Crippen LogP) is 4.20. The maximum atomic E-state index is 13.8. The molecule has 0 unspecified atom stereocenters. The largest absolute Gasteiger partial charge is 0.497 e. The van der Waals surface area contributed by atoms with Crippen LogP contribution >= 0.6 is 15.9 Å². The topological polar surface area (TPSA) is 35.5 Å². The van der Waals surface area contributed by atoms with Gasteiger partial charge in [0.15, 0.2) is 17.9 Å². The summed E-state index contributed by atoms with van der Waals surface area (Å²) in [6.45, 7) is 0. The smallest absolute Gasteiger partial charge is 0.173 e. The zero-order valence-electron chi connectivity index (χ0n) is 10.0. The molecule has 0 aromatic heterocycles. The van der Waals surface area contributed by atoms with Gasteiger partial charge in [0.1, 0.15) is 11.5 Å². The summed E-state index contributed by atoms with van der Waals surface area (Å²) in [5.74, 6) is 0.389. The predicted molar refractivity (Wildman–Crippen MR) is 72.6 cm³/mol. The van der Waals surface area contributed by atoms with E-state index in [0.29, 0.717) is 22.3 Å². The molecule has 0 atom stereocenters. The number of hydrogen-bond acceptors (Lipinski definition) is 3. The number of hydrogen-bond donors (Lipinski definition) is 0. The van der Waals surface area contributed by atoms with E-state index in [1.54, 1.807) is 31.4 Å². The van der Waals surface area contributed by atoms with Gasteiger partial charge in [-0.05, 0) is 36.4 Å². The molecule has 0 aliphatic carbocycles. The van der Waals surface area contributed by atoms with Crippen molar-refractivity contribution in [2.75, 3.05) is 7.11 Å². The van der Waals surface area contributed by atoms with Crippen molar-refractivity contribution in [1.29, 1.82) is 0 Å². The highest BCUT2D eigenvalue weighted by Gasteiger charge is 2.12. The molecule has 98 valence electrons. The summed E-state index contributed by atoms with van der Waals surface area (Å²) in [7, 11) is 1.55. The molecule has 2 rings (SSSR count). The van der Waals surface area contributed by atoms with Gasteiger partial charge in [-0.15, -0.1) is 0 Å². The first-order valence-corrected chi connectivity index (χ1v) is 6.19. The van der Waals surface area contributed by atoms with Crippen LogP contribution in [0.1, 0.15) is 10.4 Å². The minimum Gasteiger partial charge on any atom is -0.497 e. The van der Waals surface area contributed by atoms with Crippen molar-refractivity contribution in [2.45, 2.75) is 0 Å². The van der Waals surface area contributed by atoms with E-state index in [2.05, 4.69) is 15.9 Å². The van der Waals surface area contributed by atoms with Crippen LogP contribution in [0.3, 0.4) is 0 Å². The Labute approximate surface area is 118 Å². The number of aldehydes is 1. The first-order chi connectivity index (χ1) is 9.13. The van der Waals surface area contributed by atoms with Gasteiger partial charge in [-0.2, -0.15) is 0 Å². The third-order valence-corrected chi connectivity index (χ3v) is 2.90. The Hall–Kier alpha value is -1.88. The van der Waals surface area contributed by atoms with Crippen molar-refractivity contribution in [3.05, 3.63) is 52.3 Å². The monoisotopic (exact) mass is 324 g/mol. The van der Waals surface area contributed by atoms with Gasteiger partial charge in [-0.1, -0.05) is 15.9 Å². The van der Waals surface area contributed by atoms with Crippen LogP contribution in [-0.2, 0) is 0 Å². The summed E-state index contributed by atoms with van der Waals surface area (Å²) < 4.78 is 24.7. The molecule has 0 fully saturated rings. The van der Waals surface area contributed by atoms with Gasteiger partial charge in [0, 0.05) is 4.47 Å². The van der Waals surface area contributed by atoms with E-state index in [9.17, 15) is 9.18 Å². The van der Waals surface area contributed by atoms with Gasteiger partial charge < -0.3 is 9.47 Å². The van der Waals surface area contributed by atoms with Gasteiger partial charge in [-0.25, -0.2) is 4.39 Å². The van der Waals surface area contributed by atoms with E-state index >= 15 is 0 Å². The Balaban J connectivity index is 2.34. The Kier molecular flexibility index (Phi) is 4.16. The highest BCUT2D eigenvalue weighted by atomic mass is 79.9. The Morgan fingerprint density at radius 2 is 1.79 bits per heavy atom. The number of rotatable bonds is 4. The molecule has 5 heteroatoms. The van der Waals surface area contributed by atoms with Crippen molar-refractivity contribution in [2.24, 2.45) is 0 Å². The van der Waals surface area contributed by atoms with E-state index in [1.165, 1.54) is 12.1 Å². The third kappa shape index (κ3) is 3.12. The lowest BCUT2D eigenvalue weighted by molar-refractivity contribution is 0.112. The van der Waals surface area contributed by atoms with Crippen molar-refractivity contribution in [3.8, 4) is 17.2 Å². The normalized spacial score (nSPS) is 10.1. The van der Waals surface area contributed by atoms with Gasteiger partial charge in [-0.3, -0.25) is 4.79 Å². The summed E-state index contributed by atoms with van der Waals surface area (Å²) in [6.07, 6.45) is 0.548. The molecule has 2 aromatic rings. The standard InChI is InChI=1S/C14H10BrFO3/c1-18-11-2-4-12(5-3-11)19-14-9(8-17)6-10(15)7-13(14)16/h2-8H,1H3. The first kappa shape index (κ1) is 13.5. The van der Waals surface area contributed by atoms with Crippen LogP contribution in [0.2, 0.25) is 0 Å². The highest BCUT2D eigenvalue weighted by molar-refractivity contribution is 9.10. The second kappa shape index (κ2) is 5.84. The Morgan fingerprint density at radius 3 is 2.37 bits per heavy atom. The van der Waals surface area contributed by atoms with E-state index in [0.717, 1.165) is 0 Å². The molecule has 0 spiro atoms. The molecule has 3 nitrogen and oxygen atoms in total. The van der Waals surface area contributed by atoms with E-state index in [1.807, 2.05) is 0 Å². The molecule has 0 radical (unpaired) electrons. The van der Waals surface area contributed by atoms with Gasteiger partial charge in [0.05, 0.1) is 12.7 Å². The van der Waals surface area contributed by atoms with Crippen LogP contribution in [0.15, 0.2) is 40.9 Å². The van der Waals surface area contributed by atoms with Crippen LogP contribution in [-0.4, -0.2) is 13.4 Å². The van der Waals surface area contributed by atoms with Crippen molar-refractivity contribution in [1.82, 2.24) is 0 Å². The molecular formula is C14H10BrFO3. The van der Waals surface area contributed by atoms with Crippen LogP contribution in [0.4, 0.5) is 4.39 Å². The molecule has 0 saturated heterocycles. The summed E-state index contributed by atoms with van der Waals surface area (Å²) in [6, 6.07) is 9.38. The number of benzene rings is 2. The van der Waals surface area contributed by atoms with E-state index in [4.69, 9.17) is 9.47 Å². The number of carbonyl (C=O) groups is 1. The lowest BCUT2D eigenvalue weighted by Gasteiger charge is -2.10. The number of halogens is 2. The minimum atomic E-state index is -0.604. The number of ether oxygens (including phenoxy) is 2. The zero-order chi connectivity index (χ0) is 13.8. The van der Waals surface area contributed by atoms with Crippen molar-refractivity contribution in [3.63, 3.8) is 0 Å². The van der Waals surface area contributed by atoms with Crippen LogP contribution in [0, 0.1) is 5.82 Å². The molecule has 0 saturated carbocycles. The molecular weight excluding hydrogens is 315 g/mol. The fourth-order valence-corrected chi connectivity index (χ4v) is 1.98. The fourth-order valence-electron chi connectivity index (χ4n) is 1.54. The summed E-state index contributed by atoms with van der Waals surface area (Å²) in [5, 5.41) is 0. The summed E-state index contributed by atoms with van der Waals surface area (Å²) in [4.78, 5) is 10.9. The van der Waals surface area contributed by atoms with E-state index < -0.39 is 5.82 Å². The fraction of sp³-hybridized carbons (Fsp3) is 0.0714. The SMILES string of the molecule is COc1ccc(Oc2c(F)cc(Br)cc2C=O)cc1. The third-order valence-electron chi connectivity index (χ3n) is 2.44. The average Bonchev–Trinajstić information content (AvgIpc) is 2.42. The Morgan fingerprint density at radius 1 is 1.16 bits per heavy atom. The quantitative estimate of drug-likeness (QED) is 0.790. The zero-order valence-corrected chi connectivity index (χ0v) is 11.6. The molecule has 19 heavy (non-hydrogen) atoms. The van der Waals surface area contributed by atoms with Crippen molar-refractivity contribution < 1.29 is 18.7 Å². The molecule has 0 aliphatic rings. The minimum absolute atomic E-state index is 0.0941. The molecule has 2 aromatic carbocycles. The summed E-state index contributed by atoms with van der Waals surface area (Å²) in [5.41, 5.74) is 0.141. The van der Waals surface area contributed by atoms with Crippen LogP contribution < -0.4 is 9.47 Å². The summed E-state index contributed by atoms with van der Waals surface area (Å²) >= 11 is 3.12. The van der Waals surface area contributed by atoms with Crippen molar-refractivity contribution >= 4 is 22.2 Å². The second-order valence-electron chi connectivity index (χ2n) is 3.70. The molecule has 0 heterocycles. The lowest BCUT2D eigenvalue weighted by atomic mass is 10.2. The maximum Gasteiger partial charge on any atom is 0.173 e. The lowest BCUT2D eigenvalue weighted by Crippen LogP contribution is -1.95. The molecule has 0 amide bonds. The Bertz CT molecular complexity index is 596. The second-order valence-corrected chi connectivity index (χ2v) is 4.62. The van der Waals surface area contributed by atoms with Crippen LogP contribution in [0.5, 0.6) is 17.2 Å². The average molecular weight is 325 g/mol. The maximum absolute atomic E-state index is 13.8. The molecule has 0 aliphatic heterocycles. The molecule has 0 bridgehead atoms. The van der Waals surface area contributed by atoms with E-state index in [-0.39, 0.29) is 11.3 Å². The highest BCUT2D eigenvalue weighted by Crippen LogP contribution is 2.31. The van der Waals surface area contributed by atoms with Gasteiger partial charge in [0.2, 0.25) is 0 Å². The first-order valence-electron chi connectivity index (χ1n) is 5.40. The van der Waals surface area contributed by atoms with Crippen LogP contribution in [0.25, 0.3) is 0 Å². The number of methoxy groups -OCH3 is 1.